The first-order valence-corrected chi connectivity index (χ1v) is 6.27. The molecule has 0 aromatic heterocycles. The van der Waals surface area contributed by atoms with Gasteiger partial charge in [0.1, 0.15) is 24.4 Å². The van der Waals surface area contributed by atoms with Crippen LogP contribution in [0.3, 0.4) is 0 Å². The van der Waals surface area contributed by atoms with Crippen molar-refractivity contribution >= 4 is 6.29 Å². The van der Waals surface area contributed by atoms with Crippen LogP contribution in [-0.4, -0.2) is 19.5 Å². The number of ether oxygens (including phenoxy) is 2. The number of carbonyl (C=O) groups is 1. The fourth-order valence-electron chi connectivity index (χ4n) is 1.91. The Morgan fingerprint density at radius 3 is 3.22 bits per heavy atom. The van der Waals surface area contributed by atoms with E-state index in [9.17, 15) is 4.79 Å². The minimum absolute atomic E-state index is 0.531. The number of allylic oxidation sites excluding steroid dienone is 1. The molecule has 1 aromatic carbocycles. The van der Waals surface area contributed by atoms with Gasteiger partial charge in [-0.05, 0) is 31.1 Å². The van der Waals surface area contributed by atoms with Crippen LogP contribution < -0.4 is 9.47 Å². The molecular formula is C15H18O3. The molecule has 0 spiro atoms. The highest BCUT2D eigenvalue weighted by atomic mass is 16.5. The Labute approximate surface area is 107 Å². The van der Waals surface area contributed by atoms with E-state index in [2.05, 4.69) is 6.07 Å². The van der Waals surface area contributed by atoms with Crippen molar-refractivity contribution in [2.75, 3.05) is 13.2 Å². The standard InChI is InChI=1S/C15H18O3/c1-12(3-2-8-16)6-9-17-14-5-4-13-7-10-18-15(13)11-14/h4-6,8,11H,2-3,7,9-10H2,1H3. The summed E-state index contributed by atoms with van der Waals surface area (Å²) >= 11 is 0. The molecule has 0 aliphatic carbocycles. The van der Waals surface area contributed by atoms with Crippen LogP contribution in [0.1, 0.15) is 25.3 Å². The molecule has 0 bridgehead atoms. The molecule has 1 aliphatic rings. The summed E-state index contributed by atoms with van der Waals surface area (Å²) in [6, 6.07) is 5.97. The summed E-state index contributed by atoms with van der Waals surface area (Å²) in [5, 5.41) is 0. The fourth-order valence-corrected chi connectivity index (χ4v) is 1.91. The summed E-state index contributed by atoms with van der Waals surface area (Å²) in [6.07, 6.45) is 5.32. The number of rotatable bonds is 6. The zero-order valence-electron chi connectivity index (χ0n) is 10.6. The molecule has 1 aliphatic heterocycles. The third-order valence-electron chi connectivity index (χ3n) is 3.01. The number of carbonyl (C=O) groups excluding carboxylic acids is 1. The molecule has 1 aromatic rings. The molecule has 0 N–H and O–H groups in total. The van der Waals surface area contributed by atoms with Crippen LogP contribution >= 0.6 is 0 Å². The summed E-state index contributed by atoms with van der Waals surface area (Å²) in [5.74, 6) is 1.77. The minimum atomic E-state index is 0.531. The minimum Gasteiger partial charge on any atom is -0.493 e. The Bertz CT molecular complexity index is 449. The van der Waals surface area contributed by atoms with E-state index in [-0.39, 0.29) is 0 Å². The second-order valence-electron chi connectivity index (χ2n) is 4.43. The van der Waals surface area contributed by atoms with E-state index >= 15 is 0 Å². The van der Waals surface area contributed by atoms with Crippen molar-refractivity contribution in [2.45, 2.75) is 26.2 Å². The van der Waals surface area contributed by atoms with Crippen LogP contribution in [0, 0.1) is 0 Å². The lowest BCUT2D eigenvalue weighted by Crippen LogP contribution is -1.95. The molecule has 0 amide bonds. The van der Waals surface area contributed by atoms with Gasteiger partial charge in [0.25, 0.3) is 0 Å². The van der Waals surface area contributed by atoms with Gasteiger partial charge in [0.2, 0.25) is 0 Å². The summed E-state index contributed by atoms with van der Waals surface area (Å²) < 4.78 is 11.1. The smallest absolute Gasteiger partial charge is 0.126 e. The molecular weight excluding hydrogens is 228 g/mol. The molecule has 0 saturated carbocycles. The summed E-state index contributed by atoms with van der Waals surface area (Å²) in [5.41, 5.74) is 2.43. The van der Waals surface area contributed by atoms with Crippen LogP contribution in [0.25, 0.3) is 0 Å². The average Bonchev–Trinajstić information content (AvgIpc) is 2.83. The van der Waals surface area contributed by atoms with Gasteiger partial charge in [0, 0.05) is 18.9 Å². The van der Waals surface area contributed by atoms with E-state index in [0.29, 0.717) is 13.0 Å². The van der Waals surface area contributed by atoms with Gasteiger partial charge in [-0.1, -0.05) is 11.6 Å². The third kappa shape index (κ3) is 3.36. The lowest BCUT2D eigenvalue weighted by atomic mass is 10.1. The molecule has 2 rings (SSSR count). The number of aldehydes is 1. The summed E-state index contributed by atoms with van der Waals surface area (Å²) in [6.45, 7) is 3.31. The van der Waals surface area contributed by atoms with Crippen molar-refractivity contribution < 1.29 is 14.3 Å². The summed E-state index contributed by atoms with van der Waals surface area (Å²) in [4.78, 5) is 10.2. The molecule has 0 radical (unpaired) electrons. The van der Waals surface area contributed by atoms with E-state index in [1.807, 2.05) is 25.1 Å². The third-order valence-corrected chi connectivity index (χ3v) is 3.01. The van der Waals surface area contributed by atoms with Crippen molar-refractivity contribution in [3.8, 4) is 11.5 Å². The Morgan fingerprint density at radius 1 is 1.50 bits per heavy atom. The quantitative estimate of drug-likeness (QED) is 0.572. The van der Waals surface area contributed by atoms with Gasteiger partial charge < -0.3 is 14.3 Å². The highest BCUT2D eigenvalue weighted by Crippen LogP contribution is 2.29. The monoisotopic (exact) mass is 246 g/mol. The van der Waals surface area contributed by atoms with Gasteiger partial charge in [-0.3, -0.25) is 0 Å². The van der Waals surface area contributed by atoms with Gasteiger partial charge >= 0.3 is 0 Å². The van der Waals surface area contributed by atoms with E-state index < -0.39 is 0 Å². The normalized spacial score (nSPS) is 13.9. The molecule has 0 unspecified atom stereocenters. The molecule has 0 atom stereocenters. The first-order valence-electron chi connectivity index (χ1n) is 6.27. The van der Waals surface area contributed by atoms with Crippen LogP contribution in [0.4, 0.5) is 0 Å². The van der Waals surface area contributed by atoms with Crippen LogP contribution in [-0.2, 0) is 11.2 Å². The lowest BCUT2D eigenvalue weighted by molar-refractivity contribution is -0.107. The van der Waals surface area contributed by atoms with Gasteiger partial charge in [-0.25, -0.2) is 0 Å². The second-order valence-corrected chi connectivity index (χ2v) is 4.43. The molecule has 1 heterocycles. The van der Waals surface area contributed by atoms with Crippen molar-refractivity contribution in [3.63, 3.8) is 0 Å². The van der Waals surface area contributed by atoms with Gasteiger partial charge in [0.05, 0.1) is 6.61 Å². The van der Waals surface area contributed by atoms with Crippen LogP contribution in [0.2, 0.25) is 0 Å². The highest BCUT2D eigenvalue weighted by Gasteiger charge is 2.12. The van der Waals surface area contributed by atoms with Crippen LogP contribution in [0.5, 0.6) is 11.5 Å². The predicted octanol–water partition coefficient (Wildman–Crippen LogP) is 2.93. The molecule has 3 heteroatoms. The maximum Gasteiger partial charge on any atom is 0.126 e. The maximum absolute atomic E-state index is 10.2. The molecule has 3 nitrogen and oxygen atoms in total. The molecule has 96 valence electrons. The Balaban J connectivity index is 1.85. The van der Waals surface area contributed by atoms with Gasteiger partial charge in [-0.2, -0.15) is 0 Å². The first kappa shape index (κ1) is 12.7. The molecule has 0 fully saturated rings. The highest BCUT2D eigenvalue weighted by molar-refractivity contribution is 5.49. The largest absolute Gasteiger partial charge is 0.493 e. The maximum atomic E-state index is 10.2. The van der Waals surface area contributed by atoms with Crippen molar-refractivity contribution in [3.05, 3.63) is 35.4 Å². The van der Waals surface area contributed by atoms with E-state index in [4.69, 9.17) is 9.47 Å². The van der Waals surface area contributed by atoms with Crippen molar-refractivity contribution in [1.29, 1.82) is 0 Å². The Hall–Kier alpha value is -1.77. The number of benzene rings is 1. The zero-order chi connectivity index (χ0) is 12.8. The molecule has 18 heavy (non-hydrogen) atoms. The van der Waals surface area contributed by atoms with Crippen molar-refractivity contribution in [2.24, 2.45) is 0 Å². The first-order chi connectivity index (χ1) is 8.79. The Morgan fingerprint density at radius 2 is 2.39 bits per heavy atom. The van der Waals surface area contributed by atoms with Gasteiger partial charge in [-0.15, -0.1) is 0 Å². The number of hydrogen-bond donors (Lipinski definition) is 0. The van der Waals surface area contributed by atoms with E-state index in [1.54, 1.807) is 0 Å². The van der Waals surface area contributed by atoms with Gasteiger partial charge in [0.15, 0.2) is 0 Å². The van der Waals surface area contributed by atoms with E-state index in [1.165, 1.54) is 11.1 Å². The Kier molecular flexibility index (Phi) is 4.40. The topological polar surface area (TPSA) is 35.5 Å². The average molecular weight is 246 g/mol. The van der Waals surface area contributed by atoms with Crippen LogP contribution in [0.15, 0.2) is 29.8 Å². The lowest BCUT2D eigenvalue weighted by Gasteiger charge is -2.06. The number of hydrogen-bond acceptors (Lipinski definition) is 3. The molecule has 0 saturated heterocycles. The fraction of sp³-hybridized carbons (Fsp3) is 0.400. The zero-order valence-corrected chi connectivity index (χ0v) is 10.6. The van der Waals surface area contributed by atoms with E-state index in [0.717, 1.165) is 37.2 Å². The van der Waals surface area contributed by atoms with Crippen molar-refractivity contribution in [1.82, 2.24) is 0 Å². The second kappa shape index (κ2) is 6.24. The predicted molar refractivity (Wildman–Crippen MR) is 70.2 cm³/mol. The number of fused-ring (bicyclic) bond motifs is 1. The SMILES string of the molecule is CC(=CCOc1ccc2c(c1)OCC2)CCC=O. The summed E-state index contributed by atoms with van der Waals surface area (Å²) in [7, 11) is 0.